The zero-order valence-electron chi connectivity index (χ0n) is 10.1. The van der Waals surface area contributed by atoms with E-state index in [9.17, 15) is 0 Å². The molecule has 0 aromatic rings. The summed E-state index contributed by atoms with van der Waals surface area (Å²) >= 11 is 0. The van der Waals surface area contributed by atoms with Crippen molar-refractivity contribution in [1.29, 1.82) is 0 Å². The molecule has 88 valence electrons. The van der Waals surface area contributed by atoms with Gasteiger partial charge in [-0.25, -0.2) is 0 Å². The van der Waals surface area contributed by atoms with Crippen LogP contribution in [0.4, 0.5) is 0 Å². The normalized spacial score (nSPS) is 25.8. The Hall–Kier alpha value is -0.120. The predicted molar refractivity (Wildman–Crippen MR) is 62.1 cm³/mol. The second-order valence-corrected chi connectivity index (χ2v) is 5.25. The fourth-order valence-electron chi connectivity index (χ4n) is 2.23. The minimum Gasteiger partial charge on any atom is -0.378 e. The fraction of sp³-hybridized carbons (Fsp3) is 1.00. The molecular formula is C12H24N2O. The molecular weight excluding hydrogens is 188 g/mol. The summed E-state index contributed by atoms with van der Waals surface area (Å²) < 4.78 is 5.24. The van der Waals surface area contributed by atoms with Crippen molar-refractivity contribution in [3.05, 3.63) is 0 Å². The van der Waals surface area contributed by atoms with Crippen LogP contribution in [0, 0.1) is 5.92 Å². The van der Waals surface area contributed by atoms with E-state index in [1.165, 1.54) is 39.1 Å². The Balaban J connectivity index is 1.63. The number of ether oxygens (including phenoxy) is 1. The van der Waals surface area contributed by atoms with Gasteiger partial charge in [-0.05, 0) is 18.9 Å². The van der Waals surface area contributed by atoms with E-state index >= 15 is 0 Å². The monoisotopic (exact) mass is 212 g/mol. The maximum atomic E-state index is 5.24. The van der Waals surface area contributed by atoms with Crippen molar-refractivity contribution >= 4 is 0 Å². The molecule has 0 aliphatic carbocycles. The van der Waals surface area contributed by atoms with Crippen molar-refractivity contribution in [3.63, 3.8) is 0 Å². The number of rotatable bonds is 4. The van der Waals surface area contributed by atoms with Crippen LogP contribution in [0.25, 0.3) is 0 Å². The lowest BCUT2D eigenvalue weighted by atomic mass is 10.1. The van der Waals surface area contributed by atoms with Crippen LogP contribution in [-0.4, -0.2) is 61.8 Å². The topological polar surface area (TPSA) is 15.7 Å². The Morgan fingerprint density at radius 2 is 1.80 bits per heavy atom. The molecule has 0 spiro atoms. The van der Waals surface area contributed by atoms with Gasteiger partial charge in [0.15, 0.2) is 0 Å². The first-order valence-corrected chi connectivity index (χ1v) is 6.30. The Morgan fingerprint density at radius 1 is 1.13 bits per heavy atom. The number of hydrogen-bond donors (Lipinski definition) is 0. The van der Waals surface area contributed by atoms with Gasteiger partial charge in [0.2, 0.25) is 0 Å². The van der Waals surface area contributed by atoms with E-state index in [0.717, 1.165) is 25.2 Å². The van der Waals surface area contributed by atoms with Crippen LogP contribution in [0.3, 0.4) is 0 Å². The molecule has 0 atom stereocenters. The van der Waals surface area contributed by atoms with Gasteiger partial charge in [0, 0.05) is 26.2 Å². The molecule has 0 saturated carbocycles. The third-order valence-corrected chi connectivity index (χ3v) is 3.57. The predicted octanol–water partition coefficient (Wildman–Crippen LogP) is 1.05. The molecule has 2 aliphatic rings. The van der Waals surface area contributed by atoms with Crippen LogP contribution in [0.2, 0.25) is 0 Å². The first-order valence-electron chi connectivity index (χ1n) is 6.30. The molecule has 0 amide bonds. The molecule has 2 saturated heterocycles. The molecule has 0 radical (unpaired) electrons. The van der Waals surface area contributed by atoms with Gasteiger partial charge in [-0.2, -0.15) is 0 Å². The Kier molecular flexibility index (Phi) is 4.00. The first kappa shape index (κ1) is 11.4. The number of nitrogens with zero attached hydrogens (tertiary/aromatic N) is 2. The molecule has 2 fully saturated rings. The highest BCUT2D eigenvalue weighted by Crippen LogP contribution is 2.13. The molecule has 2 rings (SSSR count). The van der Waals surface area contributed by atoms with Crippen LogP contribution >= 0.6 is 0 Å². The lowest BCUT2D eigenvalue weighted by Crippen LogP contribution is -2.56. The van der Waals surface area contributed by atoms with Gasteiger partial charge < -0.3 is 9.64 Å². The minimum absolute atomic E-state index is 0.734. The lowest BCUT2D eigenvalue weighted by Gasteiger charge is -2.42. The zero-order valence-corrected chi connectivity index (χ0v) is 10.1. The van der Waals surface area contributed by atoms with E-state index < -0.39 is 0 Å². The van der Waals surface area contributed by atoms with Gasteiger partial charge in [0.05, 0.1) is 19.3 Å². The van der Waals surface area contributed by atoms with Gasteiger partial charge >= 0.3 is 0 Å². The molecule has 15 heavy (non-hydrogen) atoms. The third kappa shape index (κ3) is 3.16. The standard InChI is InChI=1S/C12H24N2O/c1-11(2)3-4-13-5-7-14(8-6-13)12-9-15-10-12/h11-12H,3-10H2,1-2H3. The molecule has 0 aromatic heterocycles. The van der Waals surface area contributed by atoms with Crippen molar-refractivity contribution in [1.82, 2.24) is 9.80 Å². The maximum absolute atomic E-state index is 5.24. The summed E-state index contributed by atoms with van der Waals surface area (Å²) in [5.41, 5.74) is 0. The van der Waals surface area contributed by atoms with Crippen LogP contribution in [0.1, 0.15) is 20.3 Å². The summed E-state index contributed by atoms with van der Waals surface area (Å²) in [6, 6.07) is 0.734. The highest BCUT2D eigenvalue weighted by Gasteiger charge is 2.28. The average Bonchev–Trinajstić information content (AvgIpc) is 2.14. The summed E-state index contributed by atoms with van der Waals surface area (Å²) in [7, 11) is 0. The van der Waals surface area contributed by atoms with Gasteiger partial charge in [-0.15, -0.1) is 0 Å². The quantitative estimate of drug-likeness (QED) is 0.693. The largest absolute Gasteiger partial charge is 0.378 e. The Bertz CT molecular complexity index is 184. The second kappa shape index (κ2) is 5.28. The highest BCUT2D eigenvalue weighted by atomic mass is 16.5. The van der Waals surface area contributed by atoms with Crippen molar-refractivity contribution in [2.24, 2.45) is 5.92 Å². The van der Waals surface area contributed by atoms with E-state index in [1.807, 2.05) is 0 Å². The second-order valence-electron chi connectivity index (χ2n) is 5.25. The van der Waals surface area contributed by atoms with Crippen molar-refractivity contribution < 1.29 is 4.74 Å². The van der Waals surface area contributed by atoms with Gasteiger partial charge in [-0.3, -0.25) is 4.90 Å². The SMILES string of the molecule is CC(C)CCN1CCN(C2COC2)CC1. The maximum Gasteiger partial charge on any atom is 0.0645 e. The molecule has 2 aliphatic heterocycles. The van der Waals surface area contributed by atoms with E-state index in [-0.39, 0.29) is 0 Å². The molecule has 3 nitrogen and oxygen atoms in total. The smallest absolute Gasteiger partial charge is 0.0645 e. The molecule has 2 heterocycles. The Labute approximate surface area is 93.4 Å². The minimum atomic E-state index is 0.734. The molecule has 0 aromatic carbocycles. The molecule has 0 unspecified atom stereocenters. The van der Waals surface area contributed by atoms with Gasteiger partial charge in [0.25, 0.3) is 0 Å². The van der Waals surface area contributed by atoms with E-state index in [2.05, 4.69) is 23.6 Å². The van der Waals surface area contributed by atoms with Crippen molar-refractivity contribution in [2.75, 3.05) is 45.9 Å². The fourth-order valence-corrected chi connectivity index (χ4v) is 2.23. The summed E-state index contributed by atoms with van der Waals surface area (Å²) in [5, 5.41) is 0. The van der Waals surface area contributed by atoms with E-state index in [1.54, 1.807) is 0 Å². The molecule has 0 N–H and O–H groups in total. The molecule has 0 bridgehead atoms. The van der Waals surface area contributed by atoms with E-state index in [0.29, 0.717) is 0 Å². The number of hydrogen-bond acceptors (Lipinski definition) is 3. The van der Waals surface area contributed by atoms with E-state index in [4.69, 9.17) is 4.74 Å². The number of piperazine rings is 1. The van der Waals surface area contributed by atoms with Gasteiger partial charge in [-0.1, -0.05) is 13.8 Å². The van der Waals surface area contributed by atoms with Crippen LogP contribution in [0.5, 0.6) is 0 Å². The van der Waals surface area contributed by atoms with Crippen LogP contribution in [0.15, 0.2) is 0 Å². The summed E-state index contributed by atoms with van der Waals surface area (Å²) in [5.74, 6) is 0.836. The Morgan fingerprint density at radius 3 is 2.27 bits per heavy atom. The lowest BCUT2D eigenvalue weighted by molar-refractivity contribution is -0.0769. The summed E-state index contributed by atoms with van der Waals surface area (Å²) in [6.45, 7) is 12.8. The third-order valence-electron chi connectivity index (χ3n) is 3.57. The highest BCUT2D eigenvalue weighted by molar-refractivity contribution is 4.82. The van der Waals surface area contributed by atoms with Crippen molar-refractivity contribution in [2.45, 2.75) is 26.3 Å². The molecule has 3 heteroatoms. The first-order chi connectivity index (χ1) is 7.25. The zero-order chi connectivity index (χ0) is 10.7. The van der Waals surface area contributed by atoms with Crippen LogP contribution < -0.4 is 0 Å². The summed E-state index contributed by atoms with van der Waals surface area (Å²) in [6.07, 6.45) is 1.34. The summed E-state index contributed by atoms with van der Waals surface area (Å²) in [4.78, 5) is 5.20. The average molecular weight is 212 g/mol. The van der Waals surface area contributed by atoms with Gasteiger partial charge in [0.1, 0.15) is 0 Å². The van der Waals surface area contributed by atoms with Crippen molar-refractivity contribution in [3.8, 4) is 0 Å². The van der Waals surface area contributed by atoms with Crippen LogP contribution in [-0.2, 0) is 4.74 Å².